The molecule has 0 aliphatic rings. The normalized spacial score (nSPS) is 11.7. The molecule has 2 aromatic rings. The monoisotopic (exact) mass is 230 g/mol. The third-order valence-corrected chi connectivity index (χ3v) is 2.47. The van der Waals surface area contributed by atoms with Crippen molar-refractivity contribution in [3.63, 3.8) is 0 Å². The first kappa shape index (κ1) is 11.8. The molecule has 0 aliphatic carbocycles. The molecule has 17 heavy (non-hydrogen) atoms. The molecule has 2 rings (SSSR count). The zero-order valence-electron chi connectivity index (χ0n) is 10.5. The van der Waals surface area contributed by atoms with Gasteiger partial charge < -0.3 is 5.32 Å². The minimum absolute atomic E-state index is 0.107. The Bertz CT molecular complexity index is 468. The van der Waals surface area contributed by atoms with Crippen LogP contribution in [0.2, 0.25) is 0 Å². The van der Waals surface area contributed by atoms with Crippen LogP contribution in [0, 0.1) is 0 Å². The van der Waals surface area contributed by atoms with Gasteiger partial charge in [-0.05, 0) is 32.4 Å². The zero-order valence-corrected chi connectivity index (χ0v) is 10.5. The van der Waals surface area contributed by atoms with E-state index in [0.29, 0.717) is 0 Å². The molecule has 0 unspecified atom stereocenters. The Balaban J connectivity index is 2.23. The third-order valence-electron chi connectivity index (χ3n) is 2.47. The molecule has 0 atom stereocenters. The summed E-state index contributed by atoms with van der Waals surface area (Å²) in [6, 6.07) is 8.21. The summed E-state index contributed by atoms with van der Waals surface area (Å²) < 4.78 is 1.79. The standard InChI is InChI=1S/C13H18N4/c1-13(2,3)15-8-11-6-4-5-7-12(11)17-10-14-9-16-17/h4-7,9-10,15H,8H2,1-3H3. The van der Waals surface area contributed by atoms with Crippen LogP contribution in [-0.2, 0) is 6.54 Å². The van der Waals surface area contributed by atoms with E-state index in [1.54, 1.807) is 17.3 Å². The van der Waals surface area contributed by atoms with E-state index in [1.165, 1.54) is 5.56 Å². The van der Waals surface area contributed by atoms with Crippen molar-refractivity contribution in [2.24, 2.45) is 0 Å². The van der Waals surface area contributed by atoms with Gasteiger partial charge in [0.15, 0.2) is 0 Å². The molecule has 0 saturated heterocycles. The molecule has 0 bridgehead atoms. The average Bonchev–Trinajstić information content (AvgIpc) is 2.79. The lowest BCUT2D eigenvalue weighted by Gasteiger charge is -2.21. The summed E-state index contributed by atoms with van der Waals surface area (Å²) in [7, 11) is 0. The molecule has 1 N–H and O–H groups in total. The van der Waals surface area contributed by atoms with E-state index in [0.717, 1.165) is 12.2 Å². The number of hydrogen-bond donors (Lipinski definition) is 1. The first-order valence-corrected chi connectivity index (χ1v) is 5.74. The second-order valence-corrected chi connectivity index (χ2v) is 5.07. The van der Waals surface area contributed by atoms with Crippen molar-refractivity contribution in [2.45, 2.75) is 32.9 Å². The van der Waals surface area contributed by atoms with Gasteiger partial charge >= 0.3 is 0 Å². The fourth-order valence-corrected chi connectivity index (χ4v) is 1.58. The Morgan fingerprint density at radius 1 is 1.24 bits per heavy atom. The SMILES string of the molecule is CC(C)(C)NCc1ccccc1-n1cncn1. The third kappa shape index (κ3) is 3.14. The van der Waals surface area contributed by atoms with Gasteiger partial charge in [0, 0.05) is 12.1 Å². The molecule has 4 heteroatoms. The van der Waals surface area contributed by atoms with Gasteiger partial charge in [-0.1, -0.05) is 18.2 Å². The van der Waals surface area contributed by atoms with Gasteiger partial charge in [-0.25, -0.2) is 9.67 Å². The summed E-state index contributed by atoms with van der Waals surface area (Å²) in [6.07, 6.45) is 3.27. The Kier molecular flexibility index (Phi) is 3.24. The van der Waals surface area contributed by atoms with Crippen molar-refractivity contribution >= 4 is 0 Å². The summed E-state index contributed by atoms with van der Waals surface area (Å²) in [5.41, 5.74) is 2.39. The van der Waals surface area contributed by atoms with Crippen LogP contribution in [0.3, 0.4) is 0 Å². The first-order chi connectivity index (χ1) is 8.06. The number of aromatic nitrogens is 3. The van der Waals surface area contributed by atoms with Crippen LogP contribution in [0.1, 0.15) is 26.3 Å². The van der Waals surface area contributed by atoms with Crippen molar-refractivity contribution in [2.75, 3.05) is 0 Å². The summed E-state index contributed by atoms with van der Waals surface area (Å²) >= 11 is 0. The summed E-state index contributed by atoms with van der Waals surface area (Å²) in [6.45, 7) is 7.29. The van der Waals surface area contributed by atoms with Crippen LogP contribution in [0.15, 0.2) is 36.9 Å². The molecule has 1 heterocycles. The van der Waals surface area contributed by atoms with E-state index in [4.69, 9.17) is 0 Å². The van der Waals surface area contributed by atoms with Crippen LogP contribution in [0.4, 0.5) is 0 Å². The summed E-state index contributed by atoms with van der Waals surface area (Å²) in [4.78, 5) is 3.98. The molecule has 90 valence electrons. The van der Waals surface area contributed by atoms with Crippen molar-refractivity contribution in [1.29, 1.82) is 0 Å². The van der Waals surface area contributed by atoms with Crippen molar-refractivity contribution in [3.05, 3.63) is 42.5 Å². The van der Waals surface area contributed by atoms with E-state index in [9.17, 15) is 0 Å². The minimum atomic E-state index is 0.107. The molecule has 1 aromatic carbocycles. The topological polar surface area (TPSA) is 42.7 Å². The number of rotatable bonds is 3. The lowest BCUT2D eigenvalue weighted by atomic mass is 10.1. The number of nitrogens with one attached hydrogen (secondary N) is 1. The smallest absolute Gasteiger partial charge is 0.138 e. The van der Waals surface area contributed by atoms with E-state index in [2.05, 4.69) is 42.2 Å². The highest BCUT2D eigenvalue weighted by Crippen LogP contribution is 2.13. The van der Waals surface area contributed by atoms with Gasteiger partial charge in [0.2, 0.25) is 0 Å². The Morgan fingerprint density at radius 2 is 2.00 bits per heavy atom. The van der Waals surface area contributed by atoms with Crippen molar-refractivity contribution in [3.8, 4) is 5.69 Å². The largest absolute Gasteiger partial charge is 0.308 e. The fourth-order valence-electron chi connectivity index (χ4n) is 1.58. The van der Waals surface area contributed by atoms with Crippen molar-refractivity contribution in [1.82, 2.24) is 20.1 Å². The molecule has 1 aromatic heterocycles. The van der Waals surface area contributed by atoms with Gasteiger partial charge in [0.1, 0.15) is 12.7 Å². The maximum atomic E-state index is 4.17. The number of benzene rings is 1. The Hall–Kier alpha value is -1.68. The lowest BCUT2D eigenvalue weighted by Crippen LogP contribution is -2.35. The number of nitrogens with zero attached hydrogens (tertiary/aromatic N) is 3. The second-order valence-electron chi connectivity index (χ2n) is 5.07. The van der Waals surface area contributed by atoms with Crippen LogP contribution in [-0.4, -0.2) is 20.3 Å². The van der Waals surface area contributed by atoms with Gasteiger partial charge in [0.05, 0.1) is 5.69 Å². The van der Waals surface area contributed by atoms with Gasteiger partial charge in [-0.2, -0.15) is 5.10 Å². The molecule has 0 amide bonds. The highest BCUT2D eigenvalue weighted by atomic mass is 15.3. The predicted molar refractivity (Wildman–Crippen MR) is 68.0 cm³/mol. The average molecular weight is 230 g/mol. The fraction of sp³-hybridized carbons (Fsp3) is 0.385. The van der Waals surface area contributed by atoms with Crippen LogP contribution < -0.4 is 5.32 Å². The van der Waals surface area contributed by atoms with Gasteiger partial charge in [-0.3, -0.25) is 0 Å². The van der Waals surface area contributed by atoms with Crippen LogP contribution in [0.5, 0.6) is 0 Å². The molecule has 0 saturated carbocycles. The Morgan fingerprint density at radius 3 is 2.65 bits per heavy atom. The molecule has 4 nitrogen and oxygen atoms in total. The maximum absolute atomic E-state index is 4.17. The predicted octanol–water partition coefficient (Wildman–Crippen LogP) is 2.16. The number of hydrogen-bond acceptors (Lipinski definition) is 3. The highest BCUT2D eigenvalue weighted by molar-refractivity contribution is 5.39. The van der Waals surface area contributed by atoms with Crippen molar-refractivity contribution < 1.29 is 0 Å². The Labute approximate surface area is 102 Å². The molecule has 0 radical (unpaired) electrons. The number of para-hydroxylation sites is 1. The minimum Gasteiger partial charge on any atom is -0.308 e. The molecular weight excluding hydrogens is 212 g/mol. The first-order valence-electron chi connectivity index (χ1n) is 5.74. The van der Waals surface area contributed by atoms with E-state index >= 15 is 0 Å². The van der Waals surface area contributed by atoms with Gasteiger partial charge in [0.25, 0.3) is 0 Å². The summed E-state index contributed by atoms with van der Waals surface area (Å²) in [5.74, 6) is 0. The quantitative estimate of drug-likeness (QED) is 0.878. The molecule has 0 fully saturated rings. The molecule has 0 aliphatic heterocycles. The van der Waals surface area contributed by atoms with E-state index < -0.39 is 0 Å². The van der Waals surface area contributed by atoms with Crippen LogP contribution in [0.25, 0.3) is 5.69 Å². The zero-order chi connectivity index (χ0) is 12.3. The summed E-state index contributed by atoms with van der Waals surface area (Å²) in [5, 5.41) is 7.65. The van der Waals surface area contributed by atoms with Crippen LogP contribution >= 0.6 is 0 Å². The molecule has 0 spiro atoms. The van der Waals surface area contributed by atoms with E-state index in [-0.39, 0.29) is 5.54 Å². The van der Waals surface area contributed by atoms with E-state index in [1.807, 2.05) is 18.2 Å². The maximum Gasteiger partial charge on any atom is 0.138 e. The van der Waals surface area contributed by atoms with Gasteiger partial charge in [-0.15, -0.1) is 0 Å². The lowest BCUT2D eigenvalue weighted by molar-refractivity contribution is 0.424. The highest BCUT2D eigenvalue weighted by Gasteiger charge is 2.10. The second kappa shape index (κ2) is 4.67. The molecular formula is C13H18N4.